The molecule has 0 fully saturated rings. The lowest BCUT2D eigenvalue weighted by atomic mass is 10.1. The molecule has 0 aliphatic rings. The molecule has 0 atom stereocenters. The minimum absolute atomic E-state index is 0.225. The van der Waals surface area contributed by atoms with E-state index in [1.807, 2.05) is 25.1 Å². The van der Waals surface area contributed by atoms with E-state index in [-0.39, 0.29) is 5.75 Å². The Kier molecular flexibility index (Phi) is 2.48. The van der Waals surface area contributed by atoms with Crippen molar-refractivity contribution in [3.05, 3.63) is 45.9 Å². The summed E-state index contributed by atoms with van der Waals surface area (Å²) in [6.45, 7) is 3.56. The number of rotatable bonds is 1. The van der Waals surface area contributed by atoms with Gasteiger partial charge in [0.25, 0.3) is 5.56 Å². The van der Waals surface area contributed by atoms with Gasteiger partial charge in [-0.05, 0) is 31.5 Å². The number of aromatic hydroxyl groups is 1. The highest BCUT2D eigenvalue weighted by molar-refractivity contribution is 5.61. The zero-order chi connectivity index (χ0) is 11.7. The lowest BCUT2D eigenvalue weighted by Gasteiger charge is -2.08. The lowest BCUT2D eigenvalue weighted by molar-refractivity contribution is 0.462. The number of hydrogen-bond donors (Lipinski definition) is 2. The van der Waals surface area contributed by atoms with Crippen molar-refractivity contribution >= 4 is 0 Å². The van der Waals surface area contributed by atoms with Crippen molar-refractivity contribution in [2.45, 2.75) is 13.8 Å². The number of H-pyrrole nitrogens is 1. The fourth-order valence-corrected chi connectivity index (χ4v) is 1.57. The summed E-state index contributed by atoms with van der Waals surface area (Å²) in [5, 5.41) is 9.49. The zero-order valence-electron chi connectivity index (χ0n) is 9.11. The third-order valence-electron chi connectivity index (χ3n) is 2.67. The van der Waals surface area contributed by atoms with Crippen molar-refractivity contribution < 1.29 is 5.11 Å². The van der Waals surface area contributed by atoms with Crippen LogP contribution >= 0.6 is 0 Å². The molecule has 2 heterocycles. The second-order valence-electron chi connectivity index (χ2n) is 3.64. The molecule has 82 valence electrons. The molecule has 0 unspecified atom stereocenters. The van der Waals surface area contributed by atoms with Gasteiger partial charge in [-0.15, -0.1) is 0 Å². The molecule has 16 heavy (non-hydrogen) atoms. The van der Waals surface area contributed by atoms with Gasteiger partial charge in [-0.3, -0.25) is 9.78 Å². The van der Waals surface area contributed by atoms with Gasteiger partial charge in [0, 0.05) is 11.8 Å². The van der Waals surface area contributed by atoms with E-state index in [0.717, 1.165) is 5.56 Å². The van der Waals surface area contributed by atoms with Crippen LogP contribution in [0.1, 0.15) is 11.1 Å². The van der Waals surface area contributed by atoms with E-state index in [1.54, 1.807) is 13.1 Å². The average molecular weight is 216 g/mol. The second-order valence-corrected chi connectivity index (χ2v) is 3.64. The normalized spacial score (nSPS) is 10.4. The monoisotopic (exact) mass is 216 g/mol. The van der Waals surface area contributed by atoms with Gasteiger partial charge < -0.3 is 10.1 Å². The van der Waals surface area contributed by atoms with Crippen molar-refractivity contribution in [1.29, 1.82) is 0 Å². The molecule has 0 bridgehead atoms. The van der Waals surface area contributed by atoms with Gasteiger partial charge in [-0.1, -0.05) is 6.07 Å². The third kappa shape index (κ3) is 1.58. The zero-order valence-corrected chi connectivity index (χ0v) is 9.11. The van der Waals surface area contributed by atoms with Crippen LogP contribution < -0.4 is 5.56 Å². The van der Waals surface area contributed by atoms with Crippen molar-refractivity contribution in [1.82, 2.24) is 9.97 Å². The summed E-state index contributed by atoms with van der Waals surface area (Å²) in [7, 11) is 0. The smallest absolute Gasteiger partial charge is 0.290 e. The highest BCUT2D eigenvalue weighted by Crippen LogP contribution is 2.23. The molecule has 0 aromatic carbocycles. The Labute approximate surface area is 92.6 Å². The fraction of sp³-hybridized carbons (Fsp3) is 0.167. The third-order valence-corrected chi connectivity index (χ3v) is 2.67. The Morgan fingerprint density at radius 3 is 2.62 bits per heavy atom. The number of aromatic amines is 1. The number of hydrogen-bond acceptors (Lipinski definition) is 3. The number of nitrogens with one attached hydrogen (secondary N) is 1. The highest BCUT2D eigenvalue weighted by Gasteiger charge is 2.11. The summed E-state index contributed by atoms with van der Waals surface area (Å²) >= 11 is 0. The van der Waals surface area contributed by atoms with Gasteiger partial charge in [-0.25, -0.2) is 0 Å². The molecule has 0 aliphatic heterocycles. The number of aromatic nitrogens is 2. The number of nitrogens with zero attached hydrogens (tertiary/aromatic N) is 1. The standard InChI is InChI=1S/C12H12N2O2/c1-7-8(2)11(15)12(16)14-10(7)9-5-3-4-6-13-9/h3-6,15H,1-2H3,(H,14,16). The first-order valence-electron chi connectivity index (χ1n) is 4.95. The minimum Gasteiger partial charge on any atom is -0.503 e. The molecular formula is C12H12N2O2. The maximum atomic E-state index is 11.5. The summed E-state index contributed by atoms with van der Waals surface area (Å²) in [6.07, 6.45) is 1.66. The van der Waals surface area contributed by atoms with Crippen LogP contribution in [0.3, 0.4) is 0 Å². The van der Waals surface area contributed by atoms with Gasteiger partial charge in [-0.2, -0.15) is 0 Å². The summed E-state index contributed by atoms with van der Waals surface area (Å²) in [4.78, 5) is 18.3. The Morgan fingerprint density at radius 1 is 1.25 bits per heavy atom. The van der Waals surface area contributed by atoms with E-state index in [4.69, 9.17) is 0 Å². The maximum Gasteiger partial charge on any atom is 0.290 e. The van der Waals surface area contributed by atoms with E-state index < -0.39 is 5.56 Å². The van der Waals surface area contributed by atoms with Crippen LogP contribution in [0.4, 0.5) is 0 Å². The Bertz CT molecular complexity index is 574. The molecule has 4 nitrogen and oxygen atoms in total. The van der Waals surface area contributed by atoms with Gasteiger partial charge in [0.15, 0.2) is 5.75 Å². The molecule has 4 heteroatoms. The molecule has 2 aromatic heterocycles. The van der Waals surface area contributed by atoms with Gasteiger partial charge in [0.2, 0.25) is 0 Å². The van der Waals surface area contributed by atoms with Crippen LogP contribution in [-0.2, 0) is 0 Å². The van der Waals surface area contributed by atoms with Crippen molar-refractivity contribution in [3.8, 4) is 17.1 Å². The summed E-state index contributed by atoms with van der Waals surface area (Å²) in [5.41, 5.74) is 2.28. The first-order chi connectivity index (χ1) is 7.61. The van der Waals surface area contributed by atoms with E-state index in [9.17, 15) is 9.90 Å². The van der Waals surface area contributed by atoms with Gasteiger partial charge in [0.1, 0.15) is 0 Å². The predicted octanol–water partition coefficient (Wildman–Crippen LogP) is 1.76. The van der Waals surface area contributed by atoms with Crippen molar-refractivity contribution in [2.75, 3.05) is 0 Å². The molecule has 0 amide bonds. The summed E-state index contributed by atoms with van der Waals surface area (Å²) in [6, 6.07) is 5.47. The maximum absolute atomic E-state index is 11.5. The van der Waals surface area contributed by atoms with Crippen LogP contribution in [0.2, 0.25) is 0 Å². The molecule has 0 saturated carbocycles. The van der Waals surface area contributed by atoms with Crippen LogP contribution in [0.15, 0.2) is 29.2 Å². The van der Waals surface area contributed by atoms with E-state index >= 15 is 0 Å². The van der Waals surface area contributed by atoms with Gasteiger partial charge >= 0.3 is 0 Å². The highest BCUT2D eigenvalue weighted by atomic mass is 16.3. The first kappa shape index (κ1) is 10.4. The van der Waals surface area contributed by atoms with Crippen molar-refractivity contribution in [3.63, 3.8) is 0 Å². The minimum atomic E-state index is -0.483. The molecule has 0 radical (unpaired) electrons. The Hall–Kier alpha value is -2.10. The lowest BCUT2D eigenvalue weighted by Crippen LogP contribution is -2.10. The SMILES string of the molecule is Cc1c(-c2ccccn2)[nH]c(=O)c(O)c1C. The van der Waals surface area contributed by atoms with E-state index in [2.05, 4.69) is 9.97 Å². The molecule has 2 rings (SSSR count). The van der Waals surface area contributed by atoms with Crippen LogP contribution in [0, 0.1) is 13.8 Å². The molecule has 0 spiro atoms. The Morgan fingerprint density at radius 2 is 2.00 bits per heavy atom. The molecule has 0 saturated heterocycles. The van der Waals surface area contributed by atoms with Gasteiger partial charge in [0.05, 0.1) is 11.4 Å². The molecular weight excluding hydrogens is 204 g/mol. The molecule has 0 aliphatic carbocycles. The predicted molar refractivity (Wildman–Crippen MR) is 61.4 cm³/mol. The fourth-order valence-electron chi connectivity index (χ4n) is 1.57. The summed E-state index contributed by atoms with van der Waals surface area (Å²) in [5.74, 6) is -0.225. The quantitative estimate of drug-likeness (QED) is 0.763. The van der Waals surface area contributed by atoms with E-state index in [1.165, 1.54) is 0 Å². The largest absolute Gasteiger partial charge is 0.503 e. The molecule has 2 aromatic rings. The average Bonchev–Trinajstić information content (AvgIpc) is 2.32. The summed E-state index contributed by atoms with van der Waals surface area (Å²) < 4.78 is 0. The van der Waals surface area contributed by atoms with Crippen molar-refractivity contribution in [2.24, 2.45) is 0 Å². The van der Waals surface area contributed by atoms with Crippen LogP contribution in [0.25, 0.3) is 11.4 Å². The van der Waals surface area contributed by atoms with Crippen LogP contribution in [0.5, 0.6) is 5.75 Å². The van der Waals surface area contributed by atoms with E-state index in [0.29, 0.717) is 17.0 Å². The van der Waals surface area contributed by atoms with Crippen LogP contribution in [-0.4, -0.2) is 15.1 Å². The Balaban J connectivity index is 2.73. The molecule has 2 N–H and O–H groups in total. The first-order valence-corrected chi connectivity index (χ1v) is 4.95. The topological polar surface area (TPSA) is 66.0 Å². The second kappa shape index (κ2) is 3.81. The number of pyridine rings is 2.